The summed E-state index contributed by atoms with van der Waals surface area (Å²) in [4.78, 5) is 48.8. The standard InChI is InChI=1S/C20H28N4O5/c1-21-18(26)15-9-5-6-12-22-17(25)11-10-16(19(27)23-15)24-20(28)29-13-14-7-3-2-4-8-14/h2-4,7-8,15-16H,5-6,9-13H2,1H3,(H,21,26)(H,22,25)(H,23,27)(H,24,28)/t15-,16-/m0/s1. The lowest BCUT2D eigenvalue weighted by Gasteiger charge is -2.23. The van der Waals surface area contributed by atoms with Gasteiger partial charge < -0.3 is 26.0 Å². The summed E-state index contributed by atoms with van der Waals surface area (Å²) in [5.74, 6) is -1.01. The zero-order chi connectivity index (χ0) is 21.1. The highest BCUT2D eigenvalue weighted by Gasteiger charge is 2.27. The smallest absolute Gasteiger partial charge is 0.408 e. The average Bonchev–Trinajstić information content (AvgIpc) is 2.73. The van der Waals surface area contributed by atoms with Crippen LogP contribution in [0.1, 0.15) is 37.7 Å². The number of nitrogens with one attached hydrogen (secondary N) is 4. The Morgan fingerprint density at radius 1 is 1.14 bits per heavy atom. The van der Waals surface area contributed by atoms with Gasteiger partial charge in [-0.05, 0) is 31.2 Å². The molecular formula is C20H28N4O5. The number of rotatable bonds is 4. The van der Waals surface area contributed by atoms with Gasteiger partial charge in [0.1, 0.15) is 18.7 Å². The highest BCUT2D eigenvalue weighted by molar-refractivity contribution is 5.91. The van der Waals surface area contributed by atoms with Crippen molar-refractivity contribution >= 4 is 23.8 Å². The van der Waals surface area contributed by atoms with Crippen LogP contribution in [0.2, 0.25) is 0 Å². The third-order valence-electron chi connectivity index (χ3n) is 4.60. The van der Waals surface area contributed by atoms with Gasteiger partial charge in [0.2, 0.25) is 17.7 Å². The highest BCUT2D eigenvalue weighted by Crippen LogP contribution is 2.07. The normalized spacial score (nSPS) is 20.9. The molecule has 2 atom stereocenters. The molecule has 1 heterocycles. The molecule has 9 heteroatoms. The van der Waals surface area contributed by atoms with Crippen LogP contribution in [0.25, 0.3) is 0 Å². The molecule has 4 amide bonds. The van der Waals surface area contributed by atoms with Crippen molar-refractivity contribution < 1.29 is 23.9 Å². The van der Waals surface area contributed by atoms with Crippen molar-refractivity contribution in [2.45, 2.75) is 50.8 Å². The Morgan fingerprint density at radius 3 is 2.62 bits per heavy atom. The van der Waals surface area contributed by atoms with Gasteiger partial charge >= 0.3 is 6.09 Å². The van der Waals surface area contributed by atoms with E-state index in [0.717, 1.165) is 5.56 Å². The summed E-state index contributed by atoms with van der Waals surface area (Å²) >= 11 is 0. The SMILES string of the molecule is CNC(=O)[C@@H]1CCCCNC(=O)CC[C@H](NC(=O)OCc2ccccc2)C(=O)N1. The van der Waals surface area contributed by atoms with Crippen molar-refractivity contribution in [3.05, 3.63) is 35.9 Å². The number of alkyl carbamates (subject to hydrolysis) is 1. The van der Waals surface area contributed by atoms with Gasteiger partial charge in [0.25, 0.3) is 0 Å². The summed E-state index contributed by atoms with van der Waals surface area (Å²) in [6, 6.07) is 7.45. The molecule has 0 bridgehead atoms. The Bertz CT molecular complexity index is 710. The first-order valence-electron chi connectivity index (χ1n) is 9.75. The fourth-order valence-electron chi connectivity index (χ4n) is 2.96. The number of amides is 4. The Kier molecular flexibility index (Phi) is 8.94. The van der Waals surface area contributed by atoms with Crippen LogP contribution < -0.4 is 21.3 Å². The van der Waals surface area contributed by atoms with Crippen LogP contribution in [-0.2, 0) is 25.7 Å². The van der Waals surface area contributed by atoms with Crippen LogP contribution in [0.4, 0.5) is 4.79 Å². The maximum atomic E-state index is 12.7. The average molecular weight is 404 g/mol. The van der Waals surface area contributed by atoms with E-state index in [1.807, 2.05) is 30.3 Å². The zero-order valence-electron chi connectivity index (χ0n) is 16.5. The van der Waals surface area contributed by atoms with E-state index in [-0.39, 0.29) is 31.3 Å². The fourth-order valence-corrected chi connectivity index (χ4v) is 2.96. The van der Waals surface area contributed by atoms with Crippen molar-refractivity contribution in [1.82, 2.24) is 21.3 Å². The van der Waals surface area contributed by atoms with Crippen molar-refractivity contribution in [2.75, 3.05) is 13.6 Å². The van der Waals surface area contributed by atoms with Crippen LogP contribution in [0, 0.1) is 0 Å². The lowest BCUT2D eigenvalue weighted by atomic mass is 10.1. The highest BCUT2D eigenvalue weighted by atomic mass is 16.5. The summed E-state index contributed by atoms with van der Waals surface area (Å²) in [5.41, 5.74) is 0.810. The number of hydrogen-bond donors (Lipinski definition) is 4. The van der Waals surface area contributed by atoms with E-state index in [0.29, 0.717) is 25.8 Å². The van der Waals surface area contributed by atoms with Crippen molar-refractivity contribution in [1.29, 1.82) is 0 Å². The largest absolute Gasteiger partial charge is 0.445 e. The van der Waals surface area contributed by atoms with Crippen LogP contribution in [0.15, 0.2) is 30.3 Å². The maximum Gasteiger partial charge on any atom is 0.408 e. The van der Waals surface area contributed by atoms with E-state index in [2.05, 4.69) is 21.3 Å². The lowest BCUT2D eigenvalue weighted by Crippen LogP contribution is -2.53. The molecule has 1 fully saturated rings. The van der Waals surface area contributed by atoms with Crippen molar-refractivity contribution in [2.24, 2.45) is 0 Å². The van der Waals surface area contributed by atoms with Gasteiger partial charge in [0, 0.05) is 20.0 Å². The Balaban J connectivity index is 2.01. The molecule has 0 aromatic heterocycles. The molecule has 0 radical (unpaired) electrons. The third kappa shape index (κ3) is 7.81. The van der Waals surface area contributed by atoms with Gasteiger partial charge in [-0.15, -0.1) is 0 Å². The number of carbonyl (C=O) groups excluding carboxylic acids is 4. The second-order valence-corrected chi connectivity index (χ2v) is 6.82. The summed E-state index contributed by atoms with van der Waals surface area (Å²) in [7, 11) is 1.50. The van der Waals surface area contributed by atoms with E-state index in [4.69, 9.17) is 4.74 Å². The Morgan fingerprint density at radius 2 is 1.90 bits per heavy atom. The number of likely N-dealkylation sites (N-methyl/N-ethyl adjacent to an activating group) is 1. The fraction of sp³-hybridized carbons (Fsp3) is 0.500. The molecule has 9 nitrogen and oxygen atoms in total. The quantitative estimate of drug-likeness (QED) is 0.585. The molecule has 1 saturated heterocycles. The molecule has 158 valence electrons. The second-order valence-electron chi connectivity index (χ2n) is 6.82. The predicted molar refractivity (Wildman–Crippen MR) is 106 cm³/mol. The molecule has 1 aromatic carbocycles. The van der Waals surface area contributed by atoms with Gasteiger partial charge in [-0.1, -0.05) is 30.3 Å². The summed E-state index contributed by atoms with van der Waals surface area (Å²) in [6.45, 7) is 0.562. The van der Waals surface area contributed by atoms with Gasteiger partial charge in [0.15, 0.2) is 0 Å². The predicted octanol–water partition coefficient (Wildman–Crippen LogP) is 0.593. The first kappa shape index (κ1) is 22.2. The molecule has 4 N–H and O–H groups in total. The first-order chi connectivity index (χ1) is 14.0. The molecule has 2 rings (SSSR count). The Hall–Kier alpha value is -3.10. The van der Waals surface area contributed by atoms with E-state index < -0.39 is 24.1 Å². The van der Waals surface area contributed by atoms with Crippen LogP contribution in [0.3, 0.4) is 0 Å². The van der Waals surface area contributed by atoms with E-state index in [1.54, 1.807) is 0 Å². The lowest BCUT2D eigenvalue weighted by molar-refractivity contribution is -0.130. The maximum absolute atomic E-state index is 12.7. The zero-order valence-corrected chi connectivity index (χ0v) is 16.5. The molecule has 1 aliphatic heterocycles. The van der Waals surface area contributed by atoms with Crippen molar-refractivity contribution in [3.63, 3.8) is 0 Å². The molecule has 0 spiro atoms. The van der Waals surface area contributed by atoms with Gasteiger partial charge in [-0.3, -0.25) is 14.4 Å². The Labute approximate surface area is 169 Å². The molecular weight excluding hydrogens is 376 g/mol. The van der Waals surface area contributed by atoms with Gasteiger partial charge in [-0.25, -0.2) is 4.79 Å². The molecule has 0 saturated carbocycles. The van der Waals surface area contributed by atoms with Crippen LogP contribution in [-0.4, -0.2) is 49.5 Å². The summed E-state index contributed by atoms with van der Waals surface area (Å²) in [6.07, 6.45) is 1.21. The van der Waals surface area contributed by atoms with E-state index >= 15 is 0 Å². The van der Waals surface area contributed by atoms with Gasteiger partial charge in [0.05, 0.1) is 0 Å². The minimum absolute atomic E-state index is 0.0579. The number of hydrogen-bond acceptors (Lipinski definition) is 5. The van der Waals surface area contributed by atoms with Gasteiger partial charge in [-0.2, -0.15) is 0 Å². The van der Waals surface area contributed by atoms with E-state index in [1.165, 1.54) is 7.05 Å². The third-order valence-corrected chi connectivity index (χ3v) is 4.60. The minimum Gasteiger partial charge on any atom is -0.445 e. The first-order valence-corrected chi connectivity index (χ1v) is 9.75. The van der Waals surface area contributed by atoms with E-state index in [9.17, 15) is 19.2 Å². The summed E-state index contributed by atoms with van der Waals surface area (Å²) in [5, 5.41) is 10.5. The molecule has 0 aliphatic carbocycles. The van der Waals surface area contributed by atoms with Crippen LogP contribution >= 0.6 is 0 Å². The monoisotopic (exact) mass is 404 g/mol. The van der Waals surface area contributed by atoms with Crippen LogP contribution in [0.5, 0.6) is 0 Å². The molecule has 1 aliphatic rings. The number of ether oxygens (including phenoxy) is 1. The second kappa shape index (κ2) is 11.7. The topological polar surface area (TPSA) is 126 Å². The molecule has 0 unspecified atom stereocenters. The minimum atomic E-state index is -0.990. The number of benzene rings is 1. The summed E-state index contributed by atoms with van der Waals surface area (Å²) < 4.78 is 5.16. The van der Waals surface area contributed by atoms with Crippen molar-refractivity contribution in [3.8, 4) is 0 Å². The molecule has 1 aromatic rings. The number of carbonyl (C=O) groups is 4. The molecule has 29 heavy (non-hydrogen) atoms.